The molecule has 1 aromatic heterocycles. The van der Waals surface area contributed by atoms with Gasteiger partial charge in [0, 0.05) is 12.2 Å². The zero-order valence-electron chi connectivity index (χ0n) is 17.7. The number of aryl methyl sites for hydroxylation is 1. The fraction of sp³-hybridized carbons (Fsp3) is 0.478. The maximum absolute atomic E-state index is 14.0. The number of esters is 1. The highest BCUT2D eigenvalue weighted by atomic mass is 19.1. The van der Waals surface area contributed by atoms with E-state index in [1.54, 1.807) is 36.6 Å². The molecule has 7 heteroatoms. The second-order valence-electron chi connectivity index (χ2n) is 7.65. The van der Waals surface area contributed by atoms with Crippen molar-refractivity contribution in [2.24, 2.45) is 5.92 Å². The molecule has 2 aromatic rings. The fourth-order valence-corrected chi connectivity index (χ4v) is 4.31. The number of halogens is 1. The number of nitrogens with zero attached hydrogens (tertiary/aromatic N) is 2. The minimum atomic E-state index is -0.602. The lowest BCUT2D eigenvalue weighted by molar-refractivity contribution is -0.149. The van der Waals surface area contributed by atoms with Gasteiger partial charge in [-0.15, -0.1) is 0 Å². The number of carbonyl (C=O) groups excluding carboxylic acids is 1. The first-order chi connectivity index (χ1) is 14.4. The maximum Gasteiger partial charge on any atom is 0.309 e. The van der Waals surface area contributed by atoms with Crippen LogP contribution < -0.4 is 5.56 Å². The van der Waals surface area contributed by atoms with Gasteiger partial charge in [0.1, 0.15) is 11.6 Å². The summed E-state index contributed by atoms with van der Waals surface area (Å²) >= 11 is 0. The van der Waals surface area contributed by atoms with E-state index in [9.17, 15) is 19.1 Å². The fourth-order valence-electron chi connectivity index (χ4n) is 4.31. The molecule has 1 aromatic carbocycles. The molecule has 0 aliphatic carbocycles. The molecule has 1 unspecified atom stereocenters. The van der Waals surface area contributed by atoms with Crippen LogP contribution in [0.3, 0.4) is 0 Å². The van der Waals surface area contributed by atoms with Crippen molar-refractivity contribution >= 4 is 5.97 Å². The number of aromatic nitrogens is 1. The van der Waals surface area contributed by atoms with Crippen molar-refractivity contribution in [3.63, 3.8) is 0 Å². The number of hydrogen-bond acceptors (Lipinski definition) is 5. The van der Waals surface area contributed by atoms with Crippen LogP contribution in [0.15, 0.2) is 35.1 Å². The van der Waals surface area contributed by atoms with Crippen molar-refractivity contribution in [1.82, 2.24) is 9.47 Å². The van der Waals surface area contributed by atoms with Gasteiger partial charge in [0.05, 0.1) is 24.1 Å². The number of pyridine rings is 1. The molecule has 0 radical (unpaired) electrons. The average Bonchev–Trinajstić information content (AvgIpc) is 2.71. The third kappa shape index (κ3) is 4.41. The van der Waals surface area contributed by atoms with Crippen molar-refractivity contribution in [1.29, 1.82) is 0 Å². The van der Waals surface area contributed by atoms with Crippen molar-refractivity contribution in [3.8, 4) is 5.75 Å². The zero-order valence-corrected chi connectivity index (χ0v) is 17.7. The first kappa shape index (κ1) is 22.0. The van der Waals surface area contributed by atoms with E-state index in [-0.39, 0.29) is 28.8 Å². The SMILES string of the molecule is CCOC(=O)C1CCN(C(c2cccc(F)c2)c2c(O)cc(C)n(CC)c2=O)CC1. The lowest BCUT2D eigenvalue weighted by atomic mass is 9.91. The molecule has 1 N–H and O–H groups in total. The Labute approximate surface area is 175 Å². The van der Waals surface area contributed by atoms with E-state index in [0.717, 1.165) is 0 Å². The van der Waals surface area contributed by atoms with Crippen LogP contribution in [0.1, 0.15) is 49.6 Å². The Bertz CT molecular complexity index is 964. The third-order valence-corrected chi connectivity index (χ3v) is 5.79. The minimum Gasteiger partial charge on any atom is -0.507 e. The van der Waals surface area contributed by atoms with Gasteiger partial charge in [0.2, 0.25) is 0 Å². The van der Waals surface area contributed by atoms with E-state index in [0.29, 0.717) is 50.3 Å². The number of aromatic hydroxyl groups is 1. The molecule has 0 spiro atoms. The van der Waals surface area contributed by atoms with Gasteiger partial charge in [-0.3, -0.25) is 14.5 Å². The Hall–Kier alpha value is -2.67. The molecule has 3 rings (SSSR count). The largest absolute Gasteiger partial charge is 0.507 e. The summed E-state index contributed by atoms with van der Waals surface area (Å²) in [6.07, 6.45) is 1.17. The number of benzene rings is 1. The summed E-state index contributed by atoms with van der Waals surface area (Å²) in [6, 6.07) is 7.10. The Morgan fingerprint density at radius 2 is 1.97 bits per heavy atom. The normalized spacial score (nSPS) is 16.4. The van der Waals surface area contributed by atoms with Crippen LogP contribution in [0.25, 0.3) is 0 Å². The number of ether oxygens (including phenoxy) is 1. The standard InChI is InChI=1S/C23H29FN2O4/c1-4-26-15(3)13-19(27)20(22(26)28)21(17-7-6-8-18(24)14-17)25-11-9-16(10-12-25)23(29)30-5-2/h6-8,13-14,16,21,27H,4-5,9-12H2,1-3H3. The first-order valence-corrected chi connectivity index (χ1v) is 10.5. The number of piperidine rings is 1. The second-order valence-corrected chi connectivity index (χ2v) is 7.65. The maximum atomic E-state index is 14.0. The molecular weight excluding hydrogens is 387 g/mol. The van der Waals surface area contributed by atoms with Gasteiger partial charge in [-0.1, -0.05) is 12.1 Å². The van der Waals surface area contributed by atoms with Crippen LogP contribution in [0.4, 0.5) is 4.39 Å². The third-order valence-electron chi connectivity index (χ3n) is 5.79. The van der Waals surface area contributed by atoms with E-state index < -0.39 is 11.9 Å². The van der Waals surface area contributed by atoms with E-state index in [4.69, 9.17) is 4.74 Å². The Morgan fingerprint density at radius 1 is 1.27 bits per heavy atom. The summed E-state index contributed by atoms with van der Waals surface area (Å²) in [5, 5.41) is 10.7. The summed E-state index contributed by atoms with van der Waals surface area (Å²) in [5.41, 5.74) is 1.23. The molecule has 1 atom stereocenters. The average molecular weight is 416 g/mol. The summed E-state index contributed by atoms with van der Waals surface area (Å²) in [5.74, 6) is -0.885. The van der Waals surface area contributed by atoms with Gasteiger partial charge in [0.15, 0.2) is 0 Å². The van der Waals surface area contributed by atoms with Gasteiger partial charge in [-0.2, -0.15) is 0 Å². The Kier molecular flexibility index (Phi) is 6.92. The van der Waals surface area contributed by atoms with Crippen LogP contribution in [0, 0.1) is 18.7 Å². The monoisotopic (exact) mass is 416 g/mol. The molecule has 0 saturated carbocycles. The highest BCUT2D eigenvalue weighted by molar-refractivity contribution is 5.72. The summed E-state index contributed by atoms with van der Waals surface area (Å²) < 4.78 is 20.8. The number of likely N-dealkylation sites (tertiary alicyclic amines) is 1. The second kappa shape index (κ2) is 9.43. The highest BCUT2D eigenvalue weighted by Crippen LogP contribution is 2.35. The van der Waals surface area contributed by atoms with Crippen molar-refractivity contribution in [3.05, 3.63) is 63.3 Å². The van der Waals surface area contributed by atoms with Crippen molar-refractivity contribution in [2.75, 3.05) is 19.7 Å². The summed E-state index contributed by atoms with van der Waals surface area (Å²) in [7, 11) is 0. The van der Waals surface area contributed by atoms with Crippen LogP contribution in [-0.4, -0.2) is 40.2 Å². The molecule has 162 valence electrons. The summed E-state index contributed by atoms with van der Waals surface area (Å²) in [4.78, 5) is 27.4. The molecule has 1 aliphatic heterocycles. The lowest BCUT2D eigenvalue weighted by Crippen LogP contribution is -2.42. The van der Waals surface area contributed by atoms with Gasteiger partial charge >= 0.3 is 5.97 Å². The molecule has 30 heavy (non-hydrogen) atoms. The topological polar surface area (TPSA) is 71.8 Å². The molecule has 1 saturated heterocycles. The highest BCUT2D eigenvalue weighted by Gasteiger charge is 2.34. The lowest BCUT2D eigenvalue weighted by Gasteiger charge is -2.37. The molecule has 2 heterocycles. The zero-order chi connectivity index (χ0) is 21.8. The molecule has 1 aliphatic rings. The number of hydrogen-bond donors (Lipinski definition) is 1. The Morgan fingerprint density at radius 3 is 2.57 bits per heavy atom. The minimum absolute atomic E-state index is 0.0935. The van der Waals surface area contributed by atoms with Crippen LogP contribution in [0.5, 0.6) is 5.75 Å². The van der Waals surface area contributed by atoms with Gasteiger partial charge < -0.3 is 14.4 Å². The molecule has 1 fully saturated rings. The van der Waals surface area contributed by atoms with Crippen LogP contribution >= 0.6 is 0 Å². The van der Waals surface area contributed by atoms with E-state index >= 15 is 0 Å². The van der Waals surface area contributed by atoms with Crippen molar-refractivity contribution in [2.45, 2.75) is 46.2 Å². The molecule has 6 nitrogen and oxygen atoms in total. The van der Waals surface area contributed by atoms with Gasteiger partial charge in [-0.25, -0.2) is 4.39 Å². The smallest absolute Gasteiger partial charge is 0.309 e. The quantitative estimate of drug-likeness (QED) is 0.731. The molecule has 0 amide bonds. The first-order valence-electron chi connectivity index (χ1n) is 10.5. The predicted molar refractivity (Wildman–Crippen MR) is 112 cm³/mol. The van der Waals surface area contributed by atoms with Crippen LogP contribution in [-0.2, 0) is 16.1 Å². The van der Waals surface area contributed by atoms with E-state index in [1.165, 1.54) is 12.1 Å². The predicted octanol–water partition coefficient (Wildman–Crippen LogP) is 3.39. The number of rotatable bonds is 6. The Balaban J connectivity index is 2.03. The summed E-state index contributed by atoms with van der Waals surface area (Å²) in [6.45, 7) is 7.31. The molecule has 0 bridgehead atoms. The van der Waals surface area contributed by atoms with Gasteiger partial charge in [-0.05, 0) is 70.5 Å². The van der Waals surface area contributed by atoms with E-state index in [1.807, 2.05) is 11.8 Å². The van der Waals surface area contributed by atoms with E-state index in [2.05, 4.69) is 0 Å². The van der Waals surface area contributed by atoms with Gasteiger partial charge in [0.25, 0.3) is 5.56 Å². The molecular formula is C23H29FN2O4. The van der Waals surface area contributed by atoms with Crippen LogP contribution in [0.2, 0.25) is 0 Å². The number of carbonyl (C=O) groups is 1. The van der Waals surface area contributed by atoms with Crippen molar-refractivity contribution < 1.29 is 19.0 Å².